The molecule has 2 aliphatic rings. The molecular weight excluding hydrogens is 351 g/mol. The summed E-state index contributed by atoms with van der Waals surface area (Å²) in [4.78, 5) is 31.8. The maximum Gasteiger partial charge on any atom is 0.278 e. The van der Waals surface area contributed by atoms with Crippen LogP contribution >= 0.6 is 23.2 Å². The fourth-order valence-electron chi connectivity index (χ4n) is 2.91. The first-order chi connectivity index (χ1) is 11.6. The number of halogens is 2. The van der Waals surface area contributed by atoms with Gasteiger partial charge < -0.3 is 4.84 Å². The van der Waals surface area contributed by atoms with Crippen LogP contribution in [0.5, 0.6) is 0 Å². The molecular formula is C17H10Cl2N2O3. The maximum atomic E-state index is 12.8. The first-order valence-electron chi connectivity index (χ1n) is 7.20. The largest absolute Gasteiger partial charge is 0.381 e. The van der Waals surface area contributed by atoms with Crippen LogP contribution in [0.3, 0.4) is 0 Å². The number of carbonyl (C=O) groups excluding carboxylic acids is 2. The lowest BCUT2D eigenvalue weighted by Gasteiger charge is -2.15. The fourth-order valence-corrected chi connectivity index (χ4v) is 3.27. The highest BCUT2D eigenvalue weighted by Crippen LogP contribution is 2.36. The molecule has 0 N–H and O–H groups in total. The third-order valence-electron chi connectivity index (χ3n) is 4.05. The van der Waals surface area contributed by atoms with Gasteiger partial charge in [0.05, 0.1) is 5.69 Å². The maximum absolute atomic E-state index is 12.8. The second-order valence-electron chi connectivity index (χ2n) is 5.45. The smallest absolute Gasteiger partial charge is 0.278 e. The van der Waals surface area contributed by atoms with E-state index in [-0.39, 0.29) is 5.91 Å². The summed E-state index contributed by atoms with van der Waals surface area (Å²) in [6.45, 7) is 0. The molecule has 2 atom stereocenters. The Morgan fingerprint density at radius 1 is 0.958 bits per heavy atom. The van der Waals surface area contributed by atoms with Crippen LogP contribution in [-0.4, -0.2) is 23.6 Å². The van der Waals surface area contributed by atoms with E-state index in [0.717, 1.165) is 4.90 Å². The Kier molecular flexibility index (Phi) is 3.55. The van der Waals surface area contributed by atoms with Crippen molar-refractivity contribution in [2.24, 2.45) is 11.1 Å². The number of hydrogen-bond acceptors (Lipinski definition) is 4. The van der Waals surface area contributed by atoms with Crippen molar-refractivity contribution >= 4 is 46.4 Å². The van der Waals surface area contributed by atoms with E-state index in [1.165, 1.54) is 0 Å². The molecule has 5 nitrogen and oxygen atoms in total. The van der Waals surface area contributed by atoms with Crippen LogP contribution < -0.4 is 4.90 Å². The number of oxime groups is 1. The van der Waals surface area contributed by atoms with E-state index >= 15 is 0 Å². The third kappa shape index (κ3) is 2.20. The van der Waals surface area contributed by atoms with Gasteiger partial charge in [-0.1, -0.05) is 46.6 Å². The van der Waals surface area contributed by atoms with Gasteiger partial charge in [0, 0.05) is 15.6 Å². The second kappa shape index (κ2) is 5.61. The number of amides is 2. The Morgan fingerprint density at radius 2 is 1.67 bits per heavy atom. The van der Waals surface area contributed by atoms with Crippen LogP contribution in [-0.2, 0) is 14.4 Å². The minimum Gasteiger partial charge on any atom is -0.381 e. The molecule has 0 aromatic heterocycles. The normalized spacial score (nSPS) is 22.4. The minimum absolute atomic E-state index is 0.375. The quantitative estimate of drug-likeness (QED) is 0.772. The van der Waals surface area contributed by atoms with Crippen LogP contribution in [0.4, 0.5) is 5.69 Å². The molecule has 1 fully saturated rings. The number of fused-ring (bicyclic) bond motifs is 1. The van der Waals surface area contributed by atoms with Gasteiger partial charge in [-0.15, -0.1) is 0 Å². The summed E-state index contributed by atoms with van der Waals surface area (Å²) in [5.74, 6) is -1.63. The Morgan fingerprint density at radius 3 is 2.38 bits per heavy atom. The topological polar surface area (TPSA) is 59.0 Å². The van der Waals surface area contributed by atoms with Crippen molar-refractivity contribution < 1.29 is 14.4 Å². The van der Waals surface area contributed by atoms with Gasteiger partial charge in [0.2, 0.25) is 12.0 Å². The number of benzene rings is 2. The fraction of sp³-hybridized carbons (Fsp3) is 0.118. The Hall–Kier alpha value is -2.37. The van der Waals surface area contributed by atoms with E-state index in [9.17, 15) is 9.59 Å². The molecule has 1 saturated heterocycles. The van der Waals surface area contributed by atoms with Crippen molar-refractivity contribution in [3.8, 4) is 0 Å². The van der Waals surface area contributed by atoms with Crippen LogP contribution in [0.2, 0.25) is 10.0 Å². The van der Waals surface area contributed by atoms with Gasteiger partial charge in [0.25, 0.3) is 5.91 Å². The van der Waals surface area contributed by atoms with Gasteiger partial charge in [-0.3, -0.25) is 9.59 Å². The molecule has 4 rings (SSSR count). The van der Waals surface area contributed by atoms with Crippen molar-refractivity contribution in [2.75, 3.05) is 4.90 Å². The lowest BCUT2D eigenvalue weighted by molar-refractivity contribution is -0.126. The average Bonchev–Trinajstić information content (AvgIpc) is 3.10. The zero-order valence-corrected chi connectivity index (χ0v) is 13.7. The molecule has 2 aliphatic heterocycles. The molecule has 2 aromatic carbocycles. The summed E-state index contributed by atoms with van der Waals surface area (Å²) >= 11 is 12.0. The Bertz CT molecular complexity index is 880. The van der Waals surface area contributed by atoms with Crippen LogP contribution in [0.1, 0.15) is 5.56 Å². The highest BCUT2D eigenvalue weighted by Gasteiger charge is 2.56. The van der Waals surface area contributed by atoms with Crippen LogP contribution in [0.15, 0.2) is 53.7 Å². The number of carbonyl (C=O) groups is 2. The Balaban J connectivity index is 1.73. The summed E-state index contributed by atoms with van der Waals surface area (Å²) in [5, 5.41) is 4.91. The van der Waals surface area contributed by atoms with Crippen molar-refractivity contribution in [1.82, 2.24) is 0 Å². The van der Waals surface area contributed by atoms with Gasteiger partial charge in [-0.2, -0.15) is 0 Å². The molecule has 0 bridgehead atoms. The lowest BCUT2D eigenvalue weighted by Crippen LogP contribution is -2.33. The Labute approximate surface area is 147 Å². The summed E-state index contributed by atoms with van der Waals surface area (Å²) in [7, 11) is 0. The SMILES string of the molecule is O=C1C2ON=C(c3ccccc3Cl)C2C(=O)N1c1ccc(Cl)cc1. The predicted octanol–water partition coefficient (Wildman–Crippen LogP) is 3.29. The highest BCUT2D eigenvalue weighted by atomic mass is 35.5. The molecule has 24 heavy (non-hydrogen) atoms. The monoisotopic (exact) mass is 360 g/mol. The lowest BCUT2D eigenvalue weighted by atomic mass is 9.94. The summed E-state index contributed by atoms with van der Waals surface area (Å²) in [5.41, 5.74) is 1.41. The molecule has 2 unspecified atom stereocenters. The number of nitrogens with zero attached hydrogens (tertiary/aromatic N) is 2. The zero-order valence-electron chi connectivity index (χ0n) is 12.1. The van der Waals surface area contributed by atoms with Crippen molar-refractivity contribution in [3.63, 3.8) is 0 Å². The molecule has 2 amide bonds. The molecule has 0 spiro atoms. The van der Waals surface area contributed by atoms with Gasteiger partial charge >= 0.3 is 0 Å². The molecule has 0 aliphatic carbocycles. The van der Waals surface area contributed by atoms with Crippen LogP contribution in [0.25, 0.3) is 0 Å². The summed E-state index contributed by atoms with van der Waals surface area (Å²) in [6, 6.07) is 13.5. The second-order valence-corrected chi connectivity index (χ2v) is 6.29. The highest BCUT2D eigenvalue weighted by molar-refractivity contribution is 6.38. The number of imide groups is 1. The predicted molar refractivity (Wildman–Crippen MR) is 90.3 cm³/mol. The van der Waals surface area contributed by atoms with E-state index in [0.29, 0.717) is 27.0 Å². The average molecular weight is 361 g/mol. The van der Waals surface area contributed by atoms with Gasteiger partial charge in [0.15, 0.2) is 0 Å². The number of rotatable bonds is 2. The van der Waals surface area contributed by atoms with E-state index < -0.39 is 17.9 Å². The first-order valence-corrected chi connectivity index (χ1v) is 7.95. The van der Waals surface area contributed by atoms with Gasteiger partial charge in [-0.05, 0) is 30.3 Å². The number of hydrogen-bond donors (Lipinski definition) is 0. The zero-order chi connectivity index (χ0) is 16.8. The van der Waals surface area contributed by atoms with Crippen molar-refractivity contribution in [3.05, 3.63) is 64.1 Å². The van der Waals surface area contributed by atoms with Crippen molar-refractivity contribution in [1.29, 1.82) is 0 Å². The number of anilines is 1. The standard InChI is InChI=1S/C17H10Cl2N2O3/c18-9-5-7-10(8-6-9)21-16(22)13-14(20-24-15(13)17(21)23)11-3-1-2-4-12(11)19/h1-8,13,15H. The summed E-state index contributed by atoms with van der Waals surface area (Å²) in [6.07, 6.45) is -0.959. The first kappa shape index (κ1) is 15.2. The van der Waals surface area contributed by atoms with E-state index in [1.54, 1.807) is 48.5 Å². The molecule has 0 saturated carbocycles. The minimum atomic E-state index is -0.959. The van der Waals surface area contributed by atoms with E-state index in [1.807, 2.05) is 0 Å². The third-order valence-corrected chi connectivity index (χ3v) is 4.63. The molecule has 2 heterocycles. The van der Waals surface area contributed by atoms with Crippen molar-refractivity contribution in [2.45, 2.75) is 6.10 Å². The summed E-state index contributed by atoms with van der Waals surface area (Å²) < 4.78 is 0. The van der Waals surface area contributed by atoms with Gasteiger partial charge in [-0.25, -0.2) is 4.90 Å². The van der Waals surface area contributed by atoms with Gasteiger partial charge in [0.1, 0.15) is 11.6 Å². The molecule has 2 aromatic rings. The van der Waals surface area contributed by atoms with E-state index in [4.69, 9.17) is 28.0 Å². The van der Waals surface area contributed by atoms with Crippen LogP contribution in [0, 0.1) is 5.92 Å². The van der Waals surface area contributed by atoms with E-state index in [2.05, 4.69) is 5.16 Å². The molecule has 7 heteroatoms. The molecule has 0 radical (unpaired) electrons. The molecule has 120 valence electrons.